The highest BCUT2D eigenvalue weighted by Crippen LogP contribution is 2.20. The molecule has 0 aliphatic heterocycles. The third kappa shape index (κ3) is 3.90. The lowest BCUT2D eigenvalue weighted by molar-refractivity contribution is 0.0910. The second-order valence-corrected chi connectivity index (χ2v) is 5.82. The predicted octanol–water partition coefficient (Wildman–Crippen LogP) is 3.25. The molecule has 6 heteroatoms. The van der Waals surface area contributed by atoms with E-state index in [2.05, 4.69) is 34.7 Å². The normalized spacial score (nSPS) is 12.1. The van der Waals surface area contributed by atoms with Crippen LogP contribution >= 0.6 is 0 Å². The molecule has 0 aliphatic rings. The van der Waals surface area contributed by atoms with Crippen LogP contribution in [0.4, 0.5) is 0 Å². The predicted molar refractivity (Wildman–Crippen MR) is 87.5 cm³/mol. The van der Waals surface area contributed by atoms with E-state index in [1.165, 1.54) is 5.56 Å². The summed E-state index contributed by atoms with van der Waals surface area (Å²) in [6.45, 7) is 4.21. The van der Waals surface area contributed by atoms with Crippen LogP contribution in [0.15, 0.2) is 51.5 Å². The maximum absolute atomic E-state index is 12.1. The Hall–Kier alpha value is -2.89. The molecule has 1 amide bonds. The molecule has 0 aliphatic carbocycles. The van der Waals surface area contributed by atoms with Crippen molar-refractivity contribution in [3.63, 3.8) is 0 Å². The quantitative estimate of drug-likeness (QED) is 0.752. The van der Waals surface area contributed by atoms with Crippen LogP contribution < -0.4 is 5.32 Å². The Morgan fingerprint density at radius 2 is 1.96 bits per heavy atom. The van der Waals surface area contributed by atoms with Crippen LogP contribution in [0.25, 0.3) is 0 Å². The van der Waals surface area contributed by atoms with Gasteiger partial charge in [-0.2, -0.15) is 0 Å². The van der Waals surface area contributed by atoms with Crippen molar-refractivity contribution in [3.05, 3.63) is 70.9 Å². The van der Waals surface area contributed by atoms with E-state index in [0.717, 1.165) is 11.4 Å². The third-order valence-corrected chi connectivity index (χ3v) is 3.77. The average Bonchev–Trinajstić information content (AvgIpc) is 3.22. The molecule has 24 heavy (non-hydrogen) atoms. The van der Waals surface area contributed by atoms with Gasteiger partial charge in [-0.1, -0.05) is 47.6 Å². The Balaban J connectivity index is 1.57. The van der Waals surface area contributed by atoms with Crippen LogP contribution in [0, 0.1) is 6.92 Å². The van der Waals surface area contributed by atoms with Crippen molar-refractivity contribution in [3.8, 4) is 0 Å². The summed E-state index contributed by atoms with van der Waals surface area (Å²) in [4.78, 5) is 12.1. The molecule has 2 heterocycles. The molecule has 1 aromatic carbocycles. The Bertz CT molecular complexity index is 808. The van der Waals surface area contributed by atoms with E-state index in [1.807, 2.05) is 25.1 Å². The first-order valence-corrected chi connectivity index (χ1v) is 7.83. The van der Waals surface area contributed by atoms with Crippen molar-refractivity contribution in [1.82, 2.24) is 15.6 Å². The van der Waals surface area contributed by atoms with Crippen molar-refractivity contribution in [2.75, 3.05) is 0 Å². The molecule has 3 rings (SSSR count). The van der Waals surface area contributed by atoms with Crippen molar-refractivity contribution in [2.24, 2.45) is 0 Å². The van der Waals surface area contributed by atoms with E-state index in [0.29, 0.717) is 18.1 Å². The molecule has 0 radical (unpaired) electrons. The number of carbonyl (C=O) groups excluding carboxylic acids is 1. The minimum atomic E-state index is -0.324. The summed E-state index contributed by atoms with van der Waals surface area (Å²) in [5.41, 5.74) is 2.76. The van der Waals surface area contributed by atoms with Gasteiger partial charge in [0.25, 0.3) is 5.91 Å². The Morgan fingerprint density at radius 1 is 1.17 bits per heavy atom. The van der Waals surface area contributed by atoms with Gasteiger partial charge in [-0.05, 0) is 24.8 Å². The number of hydrogen-bond acceptors (Lipinski definition) is 5. The Morgan fingerprint density at radius 3 is 2.67 bits per heavy atom. The first kappa shape index (κ1) is 16.0. The van der Waals surface area contributed by atoms with Crippen LogP contribution in [0.2, 0.25) is 0 Å². The molecule has 1 N–H and O–H groups in total. The van der Waals surface area contributed by atoms with Crippen molar-refractivity contribution in [1.29, 1.82) is 0 Å². The van der Waals surface area contributed by atoms with Crippen LogP contribution in [0.3, 0.4) is 0 Å². The molecular formula is C18H19N3O3. The van der Waals surface area contributed by atoms with E-state index in [1.54, 1.807) is 12.1 Å². The minimum absolute atomic E-state index is 0.196. The molecule has 124 valence electrons. The lowest BCUT2D eigenvalue weighted by Crippen LogP contribution is -2.22. The van der Waals surface area contributed by atoms with Crippen LogP contribution in [0.1, 0.15) is 46.1 Å². The second-order valence-electron chi connectivity index (χ2n) is 5.82. The minimum Gasteiger partial charge on any atom is -0.359 e. The number of aromatic nitrogens is 2. The second kappa shape index (κ2) is 7.12. The maximum atomic E-state index is 12.1. The van der Waals surface area contributed by atoms with Gasteiger partial charge >= 0.3 is 0 Å². The van der Waals surface area contributed by atoms with Crippen molar-refractivity contribution < 1.29 is 13.8 Å². The SMILES string of the molecule is Cc1cc(CNC(=O)c2cc(C[C@H](C)c3ccccc3)no2)on1. The first-order valence-electron chi connectivity index (χ1n) is 7.83. The molecule has 2 aromatic heterocycles. The lowest BCUT2D eigenvalue weighted by Gasteiger charge is -2.08. The fourth-order valence-electron chi connectivity index (χ4n) is 2.48. The van der Waals surface area contributed by atoms with E-state index >= 15 is 0 Å². The lowest BCUT2D eigenvalue weighted by atomic mass is 9.96. The van der Waals surface area contributed by atoms with Gasteiger partial charge in [-0.3, -0.25) is 4.79 Å². The van der Waals surface area contributed by atoms with Gasteiger partial charge in [0, 0.05) is 12.1 Å². The summed E-state index contributed by atoms with van der Waals surface area (Å²) in [5.74, 6) is 0.763. The maximum Gasteiger partial charge on any atom is 0.290 e. The standard InChI is InChI=1S/C18H19N3O3/c1-12(14-6-4-3-5-7-14)8-15-10-17(24-21-15)18(22)19-11-16-9-13(2)20-23-16/h3-7,9-10,12H,8,11H2,1-2H3,(H,19,22)/t12-/m0/s1. The number of aryl methyl sites for hydroxylation is 1. The zero-order chi connectivity index (χ0) is 16.9. The van der Waals surface area contributed by atoms with E-state index < -0.39 is 0 Å². The number of carbonyl (C=O) groups is 1. The van der Waals surface area contributed by atoms with Gasteiger partial charge in [0.15, 0.2) is 5.76 Å². The zero-order valence-corrected chi connectivity index (χ0v) is 13.7. The summed E-state index contributed by atoms with van der Waals surface area (Å²) in [6, 6.07) is 13.6. The smallest absolute Gasteiger partial charge is 0.290 e. The number of nitrogens with zero attached hydrogens (tertiary/aromatic N) is 2. The fourth-order valence-corrected chi connectivity index (χ4v) is 2.48. The summed E-state index contributed by atoms with van der Waals surface area (Å²) < 4.78 is 10.2. The summed E-state index contributed by atoms with van der Waals surface area (Å²) in [6.07, 6.45) is 0.710. The molecule has 0 saturated heterocycles. The third-order valence-electron chi connectivity index (χ3n) is 3.77. The van der Waals surface area contributed by atoms with Gasteiger partial charge in [-0.15, -0.1) is 0 Å². The van der Waals surface area contributed by atoms with Gasteiger partial charge in [0.05, 0.1) is 17.9 Å². The van der Waals surface area contributed by atoms with Crippen LogP contribution in [-0.4, -0.2) is 16.2 Å². The van der Waals surface area contributed by atoms with Crippen LogP contribution in [-0.2, 0) is 13.0 Å². The van der Waals surface area contributed by atoms with Gasteiger partial charge < -0.3 is 14.4 Å². The summed E-state index contributed by atoms with van der Waals surface area (Å²) in [7, 11) is 0. The first-order chi connectivity index (χ1) is 11.6. The molecule has 3 aromatic rings. The molecule has 0 saturated carbocycles. The van der Waals surface area contributed by atoms with E-state index in [-0.39, 0.29) is 18.2 Å². The highest BCUT2D eigenvalue weighted by molar-refractivity contribution is 5.91. The zero-order valence-electron chi connectivity index (χ0n) is 13.7. The molecule has 0 fully saturated rings. The highest BCUT2D eigenvalue weighted by Gasteiger charge is 2.16. The monoisotopic (exact) mass is 325 g/mol. The number of hydrogen-bond donors (Lipinski definition) is 1. The molecule has 0 spiro atoms. The van der Waals surface area contributed by atoms with Gasteiger partial charge in [0.1, 0.15) is 0 Å². The highest BCUT2D eigenvalue weighted by atomic mass is 16.5. The van der Waals surface area contributed by atoms with Crippen LogP contribution in [0.5, 0.6) is 0 Å². The topological polar surface area (TPSA) is 81.2 Å². The molecule has 0 bridgehead atoms. The largest absolute Gasteiger partial charge is 0.359 e. The summed E-state index contributed by atoms with van der Waals surface area (Å²) in [5, 5.41) is 10.5. The molecule has 0 unspecified atom stereocenters. The molecular weight excluding hydrogens is 306 g/mol. The van der Waals surface area contributed by atoms with Gasteiger partial charge in [-0.25, -0.2) is 0 Å². The molecule has 1 atom stereocenters. The number of nitrogens with one attached hydrogen (secondary N) is 1. The Kier molecular flexibility index (Phi) is 4.74. The van der Waals surface area contributed by atoms with E-state index in [4.69, 9.17) is 9.05 Å². The average molecular weight is 325 g/mol. The van der Waals surface area contributed by atoms with Crippen molar-refractivity contribution >= 4 is 5.91 Å². The number of rotatable bonds is 6. The summed E-state index contributed by atoms with van der Waals surface area (Å²) >= 11 is 0. The van der Waals surface area contributed by atoms with E-state index in [9.17, 15) is 4.79 Å². The fraction of sp³-hybridized carbons (Fsp3) is 0.278. The van der Waals surface area contributed by atoms with Crippen molar-refractivity contribution in [2.45, 2.75) is 32.7 Å². The number of benzene rings is 1. The van der Waals surface area contributed by atoms with Gasteiger partial charge in [0.2, 0.25) is 5.76 Å². The molecule has 6 nitrogen and oxygen atoms in total. The Labute approximate surface area is 139 Å². The number of amides is 1.